The van der Waals surface area contributed by atoms with Crippen LogP contribution in [-0.2, 0) is 4.74 Å². The largest absolute Gasteiger partial charge is 0.542 e. The van der Waals surface area contributed by atoms with Crippen molar-refractivity contribution in [2.75, 3.05) is 86.0 Å². The molecule has 0 bridgehead atoms. The summed E-state index contributed by atoms with van der Waals surface area (Å²) in [6.45, 7) is 16.5. The molecule has 3 fully saturated rings. The highest BCUT2D eigenvalue weighted by Crippen LogP contribution is 2.37. The number of urea groups is 2. The molecule has 2 aromatic carbocycles. The lowest BCUT2D eigenvalue weighted by molar-refractivity contribution is 0.198. The molecule has 0 unspecified atom stereocenters. The average Bonchev–Trinajstić information content (AvgIpc) is 3.80. The maximum Gasteiger partial charge on any atom is 0.323 e. The number of hydrogen-bond acceptors (Lipinski definition) is 9. The van der Waals surface area contributed by atoms with Crippen molar-refractivity contribution in [2.24, 2.45) is 0 Å². The van der Waals surface area contributed by atoms with Crippen LogP contribution in [0.2, 0.25) is 18.1 Å². The number of nitrogens with zero attached hydrogens (tertiary/aromatic N) is 6. The Morgan fingerprint density at radius 1 is 0.672 bits per heavy atom. The van der Waals surface area contributed by atoms with Gasteiger partial charge in [-0.3, -0.25) is 10.6 Å². The molecule has 4 aromatic rings. The van der Waals surface area contributed by atoms with E-state index < -0.39 is 31.6 Å². The van der Waals surface area contributed by atoms with E-state index in [1.807, 2.05) is 15.9 Å². The van der Waals surface area contributed by atoms with E-state index in [1.165, 1.54) is 55.4 Å². The highest BCUT2D eigenvalue weighted by Gasteiger charge is 2.39. The maximum absolute atomic E-state index is 13.5. The molecule has 0 aliphatic carbocycles. The van der Waals surface area contributed by atoms with Gasteiger partial charge in [-0.05, 0) is 79.5 Å². The zero-order valence-corrected chi connectivity index (χ0v) is 36.9. The van der Waals surface area contributed by atoms with Gasteiger partial charge in [-0.1, -0.05) is 20.8 Å². The summed E-state index contributed by atoms with van der Waals surface area (Å²) in [7, 11) is -1.95. The highest BCUT2D eigenvalue weighted by molar-refractivity contribution is 6.74. The maximum atomic E-state index is 13.5. The Balaban J connectivity index is 0.000000242. The molecule has 3 aliphatic heterocycles. The number of piperazine rings is 2. The molecule has 3 aliphatic rings. The van der Waals surface area contributed by atoms with Crippen molar-refractivity contribution in [1.82, 2.24) is 19.8 Å². The van der Waals surface area contributed by atoms with Crippen LogP contribution in [0.15, 0.2) is 73.1 Å². The molecule has 3 N–H and O–H groups in total. The molecule has 0 spiro atoms. The predicted molar refractivity (Wildman–Crippen MR) is 234 cm³/mol. The third-order valence-electron chi connectivity index (χ3n) is 10.5. The Hall–Kier alpha value is -5.33. The number of amides is 4. The van der Waals surface area contributed by atoms with E-state index in [0.29, 0.717) is 81.1 Å². The molecule has 7 rings (SSSR count). The van der Waals surface area contributed by atoms with Crippen LogP contribution in [0.25, 0.3) is 0 Å². The summed E-state index contributed by atoms with van der Waals surface area (Å²) in [5.41, 5.74) is 0.948. The first-order valence-corrected chi connectivity index (χ1v) is 22.8. The number of nitrogens with one attached hydrogen (secondary N) is 2. The fourth-order valence-corrected chi connectivity index (χ4v) is 7.11. The zero-order chi connectivity index (χ0) is 43.5. The van der Waals surface area contributed by atoms with E-state index in [-0.39, 0.29) is 35.3 Å². The quantitative estimate of drug-likeness (QED) is 0.128. The highest BCUT2D eigenvalue weighted by atomic mass is 35.5. The third-order valence-corrected chi connectivity index (χ3v) is 14.9. The van der Waals surface area contributed by atoms with E-state index in [4.69, 9.17) is 9.16 Å². The van der Waals surface area contributed by atoms with Gasteiger partial charge in [-0.2, -0.15) is 0 Å². The van der Waals surface area contributed by atoms with Gasteiger partial charge in [0, 0.05) is 89.1 Å². The number of aromatic hydroxyl groups is 1. The lowest BCUT2D eigenvalue weighted by Gasteiger charge is -2.36. The minimum absolute atomic E-state index is 0. The van der Waals surface area contributed by atoms with Crippen LogP contribution in [0, 0.1) is 23.3 Å². The molecular weight excluding hydrogens is 836 g/mol. The molecule has 5 heterocycles. The molecule has 0 saturated carbocycles. The lowest BCUT2D eigenvalue weighted by atomic mass is 10.2. The predicted octanol–water partition coefficient (Wildman–Crippen LogP) is 8.74. The number of rotatable bonds is 6. The average molecular weight is 891 g/mol. The Labute approximate surface area is 361 Å². The Morgan fingerprint density at radius 2 is 1.08 bits per heavy atom. The zero-order valence-electron chi connectivity index (χ0n) is 35.1. The normalized spacial score (nSPS) is 15.4. The Kier molecular flexibility index (Phi) is 17.4. The van der Waals surface area contributed by atoms with Crippen LogP contribution in [-0.4, -0.2) is 111 Å². The second-order valence-corrected chi connectivity index (χ2v) is 20.8. The van der Waals surface area contributed by atoms with E-state index in [2.05, 4.69) is 54.5 Å². The monoisotopic (exact) mass is 890 g/mol. The van der Waals surface area contributed by atoms with Crippen LogP contribution < -0.4 is 24.9 Å². The van der Waals surface area contributed by atoms with Crippen molar-refractivity contribution in [3.63, 3.8) is 0 Å². The molecular formula is C42H55ClF4N8O5Si. The van der Waals surface area contributed by atoms with Crippen LogP contribution >= 0.6 is 12.4 Å². The van der Waals surface area contributed by atoms with E-state index in [0.717, 1.165) is 25.3 Å². The first kappa shape index (κ1) is 48.3. The summed E-state index contributed by atoms with van der Waals surface area (Å²) in [5.74, 6) is -0.962. The molecule has 13 nitrogen and oxygen atoms in total. The summed E-state index contributed by atoms with van der Waals surface area (Å²) < 4.78 is 64.6. The number of carbonyl (C=O) groups is 2. The molecule has 61 heavy (non-hydrogen) atoms. The second-order valence-electron chi connectivity index (χ2n) is 16.0. The molecule has 0 radical (unpaired) electrons. The van der Waals surface area contributed by atoms with Gasteiger partial charge in [-0.25, -0.2) is 37.1 Å². The smallest absolute Gasteiger partial charge is 0.323 e. The van der Waals surface area contributed by atoms with Crippen molar-refractivity contribution in [2.45, 2.75) is 51.7 Å². The van der Waals surface area contributed by atoms with Gasteiger partial charge in [0.1, 0.15) is 46.4 Å². The summed E-state index contributed by atoms with van der Waals surface area (Å²) >= 11 is 0. The molecule has 19 heteroatoms. The van der Waals surface area contributed by atoms with Gasteiger partial charge in [0.15, 0.2) is 0 Å². The van der Waals surface area contributed by atoms with Gasteiger partial charge in [0.2, 0.25) is 0 Å². The van der Waals surface area contributed by atoms with Crippen LogP contribution in [0.3, 0.4) is 0 Å². The van der Waals surface area contributed by atoms with E-state index in [1.54, 1.807) is 22.1 Å². The molecule has 2 aromatic heterocycles. The van der Waals surface area contributed by atoms with E-state index in [9.17, 15) is 32.3 Å². The summed E-state index contributed by atoms with van der Waals surface area (Å²) in [4.78, 5) is 39.9. The van der Waals surface area contributed by atoms with E-state index >= 15 is 0 Å². The second kappa shape index (κ2) is 22.0. The van der Waals surface area contributed by atoms with Crippen LogP contribution in [0.1, 0.15) is 33.6 Å². The van der Waals surface area contributed by atoms with Gasteiger partial charge in [0.25, 0.3) is 8.32 Å². The Bertz CT molecular complexity index is 1980. The summed E-state index contributed by atoms with van der Waals surface area (Å²) in [5, 5.41) is 14.7. The third kappa shape index (κ3) is 14.7. The molecule has 0 atom stereocenters. The number of anilines is 4. The number of ether oxygens (including phenoxy) is 1. The van der Waals surface area contributed by atoms with Gasteiger partial charge in [0.05, 0.1) is 12.4 Å². The van der Waals surface area contributed by atoms with Crippen molar-refractivity contribution < 1.29 is 41.4 Å². The first-order chi connectivity index (χ1) is 28.5. The number of pyridine rings is 2. The number of carbonyl (C=O) groups excluding carboxylic acids is 2. The van der Waals surface area contributed by atoms with Gasteiger partial charge < -0.3 is 33.9 Å². The topological polar surface area (TPSA) is 136 Å². The molecule has 3 saturated heterocycles. The van der Waals surface area contributed by atoms with Crippen molar-refractivity contribution in [3.8, 4) is 11.5 Å². The number of aromatic nitrogens is 2. The first-order valence-electron chi connectivity index (χ1n) is 19.9. The standard InChI is InChI=1S/C22H30F2N4O2Si.C16H16F2N4O2.C4H8O.ClH/c1-22(2,3)31(4,5)30-19-6-7-20(25-15-19)26-21(29)28-10-8-27(9-11-28)18-13-16(23)12-17(24)14-18;17-11-7-12(18)9-13(8-11)21-3-5-22(6-4-21)16(24)20-15-2-1-14(23)10-19-15;1-2-4-5-3-1;/h6-7,12-15H,8-11H2,1-5H3,(H,25,26,29);1-2,7-10,23H,3-6H2,(H,19,20,24);1-4H2;1H. The lowest BCUT2D eigenvalue weighted by Crippen LogP contribution is -2.50. The van der Waals surface area contributed by atoms with Crippen LogP contribution in [0.5, 0.6) is 11.5 Å². The minimum atomic E-state index is -1.95. The van der Waals surface area contributed by atoms with Gasteiger partial charge >= 0.3 is 12.1 Å². The summed E-state index contributed by atoms with van der Waals surface area (Å²) in [6, 6.07) is 12.8. The number of halogens is 5. The minimum Gasteiger partial charge on any atom is -0.542 e. The fourth-order valence-electron chi connectivity index (χ4n) is 6.09. The summed E-state index contributed by atoms with van der Waals surface area (Å²) in [6.07, 6.45) is 5.43. The number of benzene rings is 2. The van der Waals surface area contributed by atoms with Crippen molar-refractivity contribution in [1.29, 1.82) is 0 Å². The van der Waals surface area contributed by atoms with Crippen molar-refractivity contribution >= 4 is 55.8 Å². The van der Waals surface area contributed by atoms with Crippen molar-refractivity contribution in [3.05, 3.63) is 96.3 Å². The fraction of sp³-hybridized carbons (Fsp3) is 0.429. The SMILES string of the molecule is C1CCOC1.CC(C)(C)[Si](C)(C)Oc1ccc(NC(=O)N2CCN(c3cc(F)cc(F)c3)CC2)nc1.Cl.O=C(Nc1ccc(O)cn1)N1CCN(c2cc(F)cc(F)c2)CC1. The molecule has 4 amide bonds. The van der Waals surface area contributed by atoms with Gasteiger partial charge in [-0.15, -0.1) is 12.4 Å². The number of hydrogen-bond donors (Lipinski definition) is 3. The molecule has 332 valence electrons. The van der Waals surface area contributed by atoms with Crippen LogP contribution in [0.4, 0.5) is 50.2 Å². The Morgan fingerprint density at radius 3 is 1.41 bits per heavy atom.